The highest BCUT2D eigenvalue weighted by Gasteiger charge is 2.33. The van der Waals surface area contributed by atoms with E-state index in [4.69, 9.17) is 8.94 Å². The molecule has 0 fully saturated rings. The summed E-state index contributed by atoms with van der Waals surface area (Å²) in [5.41, 5.74) is -1.90. The van der Waals surface area contributed by atoms with Crippen molar-refractivity contribution in [2.24, 2.45) is 0 Å². The summed E-state index contributed by atoms with van der Waals surface area (Å²) < 4.78 is 48.3. The maximum Gasteiger partial charge on any atom is 0.435 e. The molecule has 0 bridgehead atoms. The van der Waals surface area contributed by atoms with Crippen molar-refractivity contribution in [2.75, 3.05) is 0 Å². The maximum atomic E-state index is 12.6. The van der Waals surface area contributed by atoms with Crippen molar-refractivity contribution in [1.82, 2.24) is 19.9 Å². The van der Waals surface area contributed by atoms with Gasteiger partial charge in [-0.05, 0) is 18.2 Å². The van der Waals surface area contributed by atoms with Gasteiger partial charge in [0.1, 0.15) is 6.54 Å². The molecule has 0 aliphatic carbocycles. The third-order valence-electron chi connectivity index (χ3n) is 2.65. The summed E-state index contributed by atoms with van der Waals surface area (Å²) in [4.78, 5) is 15.5. The first-order chi connectivity index (χ1) is 10.4. The largest absolute Gasteiger partial charge is 0.461 e. The topological polar surface area (TPSA) is 87.0 Å². The van der Waals surface area contributed by atoms with Gasteiger partial charge in [-0.1, -0.05) is 5.16 Å². The molecule has 0 saturated heterocycles. The van der Waals surface area contributed by atoms with Crippen LogP contribution < -0.4 is 5.56 Å². The molecular formula is C12H7F3N4O3. The Morgan fingerprint density at radius 1 is 1.23 bits per heavy atom. The lowest BCUT2D eigenvalue weighted by atomic mass is 10.4. The second-order valence-corrected chi connectivity index (χ2v) is 4.20. The van der Waals surface area contributed by atoms with E-state index in [1.165, 1.54) is 6.26 Å². The van der Waals surface area contributed by atoms with Gasteiger partial charge in [-0.2, -0.15) is 23.3 Å². The van der Waals surface area contributed by atoms with Gasteiger partial charge in [0.25, 0.3) is 5.56 Å². The smallest absolute Gasteiger partial charge is 0.435 e. The second kappa shape index (κ2) is 5.13. The number of aromatic nitrogens is 4. The average molecular weight is 312 g/mol. The molecule has 0 N–H and O–H groups in total. The SMILES string of the molecule is O=c1ccc(C(F)(F)F)nn1Cc1nc(-c2ccco2)no1. The Hall–Kier alpha value is -2.91. The van der Waals surface area contributed by atoms with Crippen LogP contribution in [0.3, 0.4) is 0 Å². The van der Waals surface area contributed by atoms with Crippen LogP contribution in [0.4, 0.5) is 13.2 Å². The molecule has 0 amide bonds. The average Bonchev–Trinajstić information content (AvgIpc) is 3.10. The van der Waals surface area contributed by atoms with Crippen LogP contribution in [-0.2, 0) is 12.7 Å². The van der Waals surface area contributed by atoms with Crippen LogP contribution in [0.1, 0.15) is 11.6 Å². The molecule has 3 rings (SSSR count). The van der Waals surface area contributed by atoms with Crippen molar-refractivity contribution in [2.45, 2.75) is 12.7 Å². The van der Waals surface area contributed by atoms with Crippen molar-refractivity contribution in [3.05, 3.63) is 52.5 Å². The van der Waals surface area contributed by atoms with E-state index in [2.05, 4.69) is 15.2 Å². The molecule has 0 aliphatic rings. The minimum atomic E-state index is -4.65. The zero-order valence-corrected chi connectivity index (χ0v) is 10.7. The van der Waals surface area contributed by atoms with E-state index in [1.807, 2.05) is 0 Å². The molecule has 10 heteroatoms. The lowest BCUT2D eigenvalue weighted by Gasteiger charge is -2.07. The normalized spacial score (nSPS) is 11.8. The quantitative estimate of drug-likeness (QED) is 0.734. The fourth-order valence-electron chi connectivity index (χ4n) is 1.67. The van der Waals surface area contributed by atoms with Crippen molar-refractivity contribution in [1.29, 1.82) is 0 Å². The highest BCUT2D eigenvalue weighted by atomic mass is 19.4. The van der Waals surface area contributed by atoms with Gasteiger partial charge in [0, 0.05) is 6.07 Å². The fourth-order valence-corrected chi connectivity index (χ4v) is 1.67. The van der Waals surface area contributed by atoms with E-state index < -0.39 is 17.4 Å². The Labute approximate surface area is 120 Å². The van der Waals surface area contributed by atoms with Gasteiger partial charge in [-0.25, -0.2) is 4.68 Å². The first-order valence-corrected chi connectivity index (χ1v) is 5.95. The fraction of sp³-hybridized carbons (Fsp3) is 0.167. The molecule has 22 heavy (non-hydrogen) atoms. The number of hydrogen-bond donors (Lipinski definition) is 0. The molecular weight excluding hydrogens is 305 g/mol. The monoisotopic (exact) mass is 312 g/mol. The van der Waals surface area contributed by atoms with Gasteiger partial charge in [-0.3, -0.25) is 4.79 Å². The molecule has 3 aromatic rings. The minimum Gasteiger partial charge on any atom is -0.461 e. The number of furan rings is 1. The Morgan fingerprint density at radius 2 is 2.05 bits per heavy atom. The summed E-state index contributed by atoms with van der Waals surface area (Å²) in [6.45, 7) is -0.379. The Morgan fingerprint density at radius 3 is 2.73 bits per heavy atom. The maximum absolute atomic E-state index is 12.6. The van der Waals surface area contributed by atoms with E-state index in [9.17, 15) is 18.0 Å². The molecule has 0 atom stereocenters. The molecule has 7 nitrogen and oxygen atoms in total. The van der Waals surface area contributed by atoms with Crippen LogP contribution >= 0.6 is 0 Å². The molecule has 3 aromatic heterocycles. The number of nitrogens with zero attached hydrogens (tertiary/aromatic N) is 4. The molecule has 0 aromatic carbocycles. The third-order valence-corrected chi connectivity index (χ3v) is 2.65. The van der Waals surface area contributed by atoms with E-state index in [0.717, 1.165) is 6.07 Å². The summed E-state index contributed by atoms with van der Waals surface area (Å²) in [6, 6.07) is 4.59. The van der Waals surface area contributed by atoms with Crippen LogP contribution in [0, 0.1) is 0 Å². The number of halogens is 3. The molecule has 0 unspecified atom stereocenters. The zero-order valence-electron chi connectivity index (χ0n) is 10.7. The number of hydrogen-bond acceptors (Lipinski definition) is 6. The lowest BCUT2D eigenvalue weighted by molar-refractivity contribution is -0.142. The van der Waals surface area contributed by atoms with Crippen LogP contribution in [0.15, 0.2) is 44.3 Å². The number of alkyl halides is 3. The highest BCUT2D eigenvalue weighted by Crippen LogP contribution is 2.26. The molecule has 0 saturated carbocycles. The van der Waals surface area contributed by atoms with Gasteiger partial charge >= 0.3 is 6.18 Å². The molecule has 0 aliphatic heterocycles. The first-order valence-electron chi connectivity index (χ1n) is 5.95. The van der Waals surface area contributed by atoms with Gasteiger partial charge in [0.15, 0.2) is 11.5 Å². The van der Waals surface area contributed by atoms with E-state index >= 15 is 0 Å². The first kappa shape index (κ1) is 14.0. The highest BCUT2D eigenvalue weighted by molar-refractivity contribution is 5.44. The summed E-state index contributed by atoms with van der Waals surface area (Å²) in [7, 11) is 0. The second-order valence-electron chi connectivity index (χ2n) is 4.20. The van der Waals surface area contributed by atoms with Gasteiger partial charge in [0.2, 0.25) is 11.7 Å². The van der Waals surface area contributed by atoms with E-state index in [0.29, 0.717) is 16.5 Å². The van der Waals surface area contributed by atoms with Gasteiger partial charge < -0.3 is 8.94 Å². The van der Waals surface area contributed by atoms with E-state index in [1.54, 1.807) is 12.1 Å². The third kappa shape index (κ3) is 2.75. The molecule has 0 radical (unpaired) electrons. The summed E-state index contributed by atoms with van der Waals surface area (Å²) in [5.74, 6) is 0.389. The van der Waals surface area contributed by atoms with E-state index in [-0.39, 0.29) is 18.3 Å². The minimum absolute atomic E-state index is 0.0691. The summed E-state index contributed by atoms with van der Waals surface area (Å²) in [5, 5.41) is 6.85. The van der Waals surface area contributed by atoms with Gasteiger partial charge in [-0.15, -0.1) is 0 Å². The molecule has 3 heterocycles. The Bertz CT molecular complexity index is 836. The molecule has 0 spiro atoms. The Balaban J connectivity index is 1.89. The van der Waals surface area contributed by atoms with Crippen molar-refractivity contribution >= 4 is 0 Å². The predicted octanol–water partition coefficient (Wildman–Crippen LogP) is 1.95. The van der Waals surface area contributed by atoms with Crippen molar-refractivity contribution < 1.29 is 22.1 Å². The predicted molar refractivity (Wildman–Crippen MR) is 64.6 cm³/mol. The van der Waals surface area contributed by atoms with Crippen molar-refractivity contribution in [3.63, 3.8) is 0 Å². The van der Waals surface area contributed by atoms with Crippen LogP contribution in [0.5, 0.6) is 0 Å². The number of rotatable bonds is 3. The molecule has 114 valence electrons. The van der Waals surface area contributed by atoms with Crippen LogP contribution in [0.25, 0.3) is 11.6 Å². The zero-order chi connectivity index (χ0) is 15.7. The summed E-state index contributed by atoms with van der Waals surface area (Å²) in [6.07, 6.45) is -3.24. The summed E-state index contributed by atoms with van der Waals surface area (Å²) >= 11 is 0. The standard InChI is InChI=1S/C12H7F3N4O3/c13-12(14,15)8-3-4-10(20)19(17-8)6-9-16-11(18-22-9)7-2-1-5-21-7/h1-5H,6H2. The van der Waals surface area contributed by atoms with Crippen molar-refractivity contribution in [3.8, 4) is 11.6 Å². The van der Waals surface area contributed by atoms with Crippen LogP contribution in [-0.4, -0.2) is 19.9 Å². The lowest BCUT2D eigenvalue weighted by Crippen LogP contribution is -2.26. The Kier molecular flexibility index (Phi) is 3.28. The van der Waals surface area contributed by atoms with Crippen LogP contribution in [0.2, 0.25) is 0 Å². The van der Waals surface area contributed by atoms with Gasteiger partial charge in [0.05, 0.1) is 6.26 Å².